The number of aliphatic hydroxyl groups excluding tert-OH is 3. The first kappa shape index (κ1) is 19.5. The van der Waals surface area contributed by atoms with Gasteiger partial charge in [0.25, 0.3) is 0 Å². The van der Waals surface area contributed by atoms with Gasteiger partial charge in [-0.05, 0) is 5.75 Å². The molecule has 0 spiro atoms. The number of aliphatic hydroxyl groups is 3. The number of nitrogens with two attached hydrogens (primary N) is 1. The monoisotopic (exact) mass is 312 g/mol. The van der Waals surface area contributed by atoms with Crippen molar-refractivity contribution in [3.05, 3.63) is 0 Å². The van der Waals surface area contributed by atoms with Gasteiger partial charge in [0.05, 0.1) is 20.2 Å². The summed E-state index contributed by atoms with van der Waals surface area (Å²) in [6.07, 6.45) is 0. The fraction of sp³-hybridized carbons (Fsp3) is 0.900. The van der Waals surface area contributed by atoms with Gasteiger partial charge >= 0.3 is 5.97 Å². The Labute approximate surface area is 121 Å². The van der Waals surface area contributed by atoms with E-state index in [2.05, 4.69) is 16.0 Å². The van der Waals surface area contributed by atoms with Crippen molar-refractivity contribution in [1.82, 2.24) is 16.0 Å². The first-order chi connectivity index (χ1) is 9.48. The zero-order chi connectivity index (χ0) is 15.6. The highest BCUT2D eigenvalue weighted by atomic mass is 32.2. The number of aliphatic carboxylic acids is 1. The molecule has 10 heteroatoms. The molecule has 0 aromatic carbocycles. The maximum Gasteiger partial charge on any atom is 0.320 e. The number of thioether (sulfide) groups is 1. The molecular weight excluding hydrogens is 288 g/mol. The van der Waals surface area contributed by atoms with Crippen LogP contribution in [0.5, 0.6) is 0 Å². The van der Waals surface area contributed by atoms with Crippen LogP contribution in [0.1, 0.15) is 6.92 Å². The van der Waals surface area contributed by atoms with E-state index >= 15 is 0 Å². The van der Waals surface area contributed by atoms with E-state index < -0.39 is 43.9 Å². The standard InChI is InChI=1S/C10H24N4O5S/c1-2-20-3-7(8(11)9(18)19)10(12-4-15,13-5-16)14-6-17/h7-8,12-17H,2-6,11H2,1H3,(H,18,19). The van der Waals surface area contributed by atoms with Gasteiger partial charge in [0.2, 0.25) is 0 Å². The van der Waals surface area contributed by atoms with Gasteiger partial charge in [0.1, 0.15) is 11.8 Å². The van der Waals surface area contributed by atoms with Crippen LogP contribution in [0.2, 0.25) is 0 Å². The van der Waals surface area contributed by atoms with Crippen molar-refractivity contribution in [3.63, 3.8) is 0 Å². The van der Waals surface area contributed by atoms with Crippen molar-refractivity contribution in [2.75, 3.05) is 31.7 Å². The lowest BCUT2D eigenvalue weighted by Crippen LogP contribution is -2.74. The first-order valence-corrected chi connectivity index (χ1v) is 7.28. The van der Waals surface area contributed by atoms with Gasteiger partial charge in [-0.25, -0.2) is 0 Å². The Bertz CT molecular complexity index is 267. The Morgan fingerprint density at radius 3 is 1.95 bits per heavy atom. The lowest BCUT2D eigenvalue weighted by molar-refractivity contribution is -0.141. The zero-order valence-electron chi connectivity index (χ0n) is 11.4. The molecule has 0 saturated carbocycles. The molecule has 0 aliphatic heterocycles. The number of hydrogen-bond donors (Lipinski definition) is 8. The first-order valence-electron chi connectivity index (χ1n) is 6.12. The van der Waals surface area contributed by atoms with Crippen LogP contribution in [0.25, 0.3) is 0 Å². The van der Waals surface area contributed by atoms with Crippen molar-refractivity contribution in [2.24, 2.45) is 11.7 Å². The largest absolute Gasteiger partial charge is 0.480 e. The molecule has 2 atom stereocenters. The summed E-state index contributed by atoms with van der Waals surface area (Å²) in [6.45, 7) is 0.410. The van der Waals surface area contributed by atoms with Gasteiger partial charge in [-0.15, -0.1) is 0 Å². The van der Waals surface area contributed by atoms with Crippen molar-refractivity contribution in [1.29, 1.82) is 0 Å². The van der Waals surface area contributed by atoms with Crippen LogP contribution in [0, 0.1) is 5.92 Å². The molecule has 20 heavy (non-hydrogen) atoms. The number of nitrogens with one attached hydrogen (secondary N) is 3. The van der Waals surface area contributed by atoms with E-state index in [0.29, 0.717) is 5.75 Å². The number of carbonyl (C=O) groups is 1. The molecule has 9 nitrogen and oxygen atoms in total. The highest BCUT2D eigenvalue weighted by Gasteiger charge is 2.43. The molecule has 0 rings (SSSR count). The maximum atomic E-state index is 11.2. The van der Waals surface area contributed by atoms with Crippen LogP contribution in [-0.2, 0) is 4.79 Å². The van der Waals surface area contributed by atoms with Crippen molar-refractivity contribution >= 4 is 17.7 Å². The predicted octanol–water partition coefficient (Wildman–Crippen LogP) is -2.96. The van der Waals surface area contributed by atoms with E-state index in [0.717, 1.165) is 5.75 Å². The van der Waals surface area contributed by atoms with Gasteiger partial charge < -0.3 is 26.2 Å². The van der Waals surface area contributed by atoms with Crippen LogP contribution in [0.15, 0.2) is 0 Å². The maximum absolute atomic E-state index is 11.2. The number of hydrogen-bond acceptors (Lipinski definition) is 9. The Morgan fingerprint density at radius 1 is 1.20 bits per heavy atom. The minimum atomic E-state index is -1.40. The van der Waals surface area contributed by atoms with Crippen molar-refractivity contribution in [2.45, 2.75) is 18.8 Å². The topological polar surface area (TPSA) is 160 Å². The molecule has 0 heterocycles. The summed E-state index contributed by atoms with van der Waals surface area (Å²) in [6, 6.07) is -1.26. The van der Waals surface area contributed by atoms with Crippen LogP contribution >= 0.6 is 11.8 Å². The molecule has 0 bridgehead atoms. The Balaban J connectivity index is 5.37. The molecule has 0 aromatic rings. The Morgan fingerprint density at radius 2 is 1.65 bits per heavy atom. The van der Waals surface area contributed by atoms with Gasteiger partial charge in [-0.3, -0.25) is 20.7 Å². The third-order valence-electron chi connectivity index (χ3n) is 2.85. The average Bonchev–Trinajstić information content (AvgIpc) is 2.39. The predicted molar refractivity (Wildman–Crippen MR) is 75.5 cm³/mol. The number of rotatable bonds is 12. The summed E-state index contributed by atoms with van der Waals surface area (Å²) in [5, 5.41) is 44.2. The molecule has 9 N–H and O–H groups in total. The molecule has 0 aliphatic rings. The SMILES string of the molecule is CCSCC(C(N)C(=O)O)C(NCO)(NCO)NCO. The highest BCUT2D eigenvalue weighted by molar-refractivity contribution is 7.99. The second-order valence-corrected chi connectivity index (χ2v) is 5.26. The minimum absolute atomic E-state index is 0.344. The Kier molecular flexibility index (Phi) is 10.1. The molecule has 0 aromatic heterocycles. The Hall–Kier alpha value is -0.460. The summed E-state index contributed by atoms with van der Waals surface area (Å²) in [5.74, 6) is -2.27. The molecule has 0 aliphatic carbocycles. The molecule has 0 fully saturated rings. The fourth-order valence-corrected chi connectivity index (χ4v) is 2.82. The summed E-state index contributed by atoms with van der Waals surface area (Å²) < 4.78 is 0. The minimum Gasteiger partial charge on any atom is -0.480 e. The number of carboxylic acids is 1. The molecule has 0 radical (unpaired) electrons. The summed E-state index contributed by atoms with van der Waals surface area (Å²) in [4.78, 5) is 11.2. The van der Waals surface area contributed by atoms with Crippen molar-refractivity contribution in [3.8, 4) is 0 Å². The van der Waals surface area contributed by atoms with Gasteiger partial charge in [0.15, 0.2) is 0 Å². The van der Waals surface area contributed by atoms with E-state index in [9.17, 15) is 4.79 Å². The van der Waals surface area contributed by atoms with Crippen LogP contribution in [0.3, 0.4) is 0 Å². The second-order valence-electron chi connectivity index (χ2n) is 3.94. The smallest absolute Gasteiger partial charge is 0.320 e. The zero-order valence-corrected chi connectivity index (χ0v) is 12.2. The summed E-state index contributed by atoms with van der Waals surface area (Å²) >= 11 is 1.46. The van der Waals surface area contributed by atoms with E-state index in [-0.39, 0.29) is 0 Å². The van der Waals surface area contributed by atoms with E-state index in [1.54, 1.807) is 0 Å². The van der Waals surface area contributed by atoms with Crippen LogP contribution in [-0.4, -0.2) is 69.9 Å². The van der Waals surface area contributed by atoms with E-state index in [1.807, 2.05) is 6.92 Å². The van der Waals surface area contributed by atoms with Crippen molar-refractivity contribution < 1.29 is 25.2 Å². The third kappa shape index (κ3) is 5.50. The second kappa shape index (κ2) is 10.3. The number of carboxylic acid groups (broad SMARTS) is 1. The molecule has 120 valence electrons. The van der Waals surface area contributed by atoms with Crippen LogP contribution < -0.4 is 21.7 Å². The highest BCUT2D eigenvalue weighted by Crippen LogP contribution is 2.21. The molecule has 0 amide bonds. The van der Waals surface area contributed by atoms with E-state index in [4.69, 9.17) is 26.2 Å². The lowest BCUT2D eigenvalue weighted by Gasteiger charge is -2.43. The summed E-state index contributed by atoms with van der Waals surface area (Å²) in [5.41, 5.74) is 5.70. The fourth-order valence-electron chi connectivity index (χ4n) is 1.87. The quantitative estimate of drug-likeness (QED) is 0.175. The normalized spacial score (nSPS) is 15.1. The van der Waals surface area contributed by atoms with Crippen LogP contribution in [0.4, 0.5) is 0 Å². The average molecular weight is 312 g/mol. The van der Waals surface area contributed by atoms with E-state index in [1.165, 1.54) is 11.8 Å². The molecular formula is C10H24N4O5S. The third-order valence-corrected chi connectivity index (χ3v) is 3.85. The molecule has 0 saturated heterocycles. The van der Waals surface area contributed by atoms with Gasteiger partial charge in [-0.2, -0.15) is 11.8 Å². The molecule has 2 unspecified atom stereocenters. The lowest BCUT2D eigenvalue weighted by atomic mass is 9.93. The summed E-state index contributed by atoms with van der Waals surface area (Å²) in [7, 11) is 0. The van der Waals surface area contributed by atoms with Gasteiger partial charge in [0, 0.05) is 11.7 Å². The van der Waals surface area contributed by atoms with Gasteiger partial charge in [-0.1, -0.05) is 6.92 Å².